The lowest BCUT2D eigenvalue weighted by Gasteiger charge is -2.11. The lowest BCUT2D eigenvalue weighted by Crippen LogP contribution is -2.21. The number of hydrogen-bond donors (Lipinski definition) is 2. The number of imidazole rings is 1. The molecule has 8 nitrogen and oxygen atoms in total. The quantitative estimate of drug-likeness (QED) is 0.530. The maximum atomic E-state index is 11.1. The van der Waals surface area contributed by atoms with Crippen molar-refractivity contribution >= 4 is 34.2 Å². The number of H-pyrrole nitrogens is 1. The number of nitrogens with two attached hydrogens (primary N) is 1. The summed E-state index contributed by atoms with van der Waals surface area (Å²) in [5.41, 5.74) is 11.4. The van der Waals surface area contributed by atoms with Crippen molar-refractivity contribution in [2.75, 3.05) is 12.3 Å². The summed E-state index contributed by atoms with van der Waals surface area (Å²) in [7, 11) is 1.92. The molecule has 3 aromatic heterocycles. The fourth-order valence-corrected chi connectivity index (χ4v) is 3.35. The summed E-state index contributed by atoms with van der Waals surface area (Å²) in [5, 5.41) is 5.34. The van der Waals surface area contributed by atoms with Gasteiger partial charge in [0.05, 0.1) is 29.0 Å². The van der Waals surface area contributed by atoms with Gasteiger partial charge >= 0.3 is 0 Å². The molecule has 0 saturated carbocycles. The monoisotopic (exact) mass is 363 g/mol. The molecule has 0 saturated heterocycles. The van der Waals surface area contributed by atoms with Gasteiger partial charge in [-0.2, -0.15) is 5.10 Å². The maximum absolute atomic E-state index is 11.1. The SMILES string of the molecule is CCN(C=O)Cc1nc2c(N)nc3cc(-c4cc(C)nn4C)ccc3c2[nH]1. The molecule has 0 unspecified atom stereocenters. The minimum absolute atomic E-state index is 0.368. The van der Waals surface area contributed by atoms with E-state index < -0.39 is 0 Å². The molecule has 0 bridgehead atoms. The van der Waals surface area contributed by atoms with Gasteiger partial charge in [0.2, 0.25) is 6.41 Å². The van der Waals surface area contributed by atoms with Crippen LogP contribution in [0.3, 0.4) is 0 Å². The molecule has 27 heavy (non-hydrogen) atoms. The third-order valence-corrected chi connectivity index (χ3v) is 4.71. The van der Waals surface area contributed by atoms with Crippen molar-refractivity contribution in [2.24, 2.45) is 7.05 Å². The van der Waals surface area contributed by atoms with Crippen molar-refractivity contribution in [3.63, 3.8) is 0 Å². The number of carbonyl (C=O) groups excluding carboxylic acids is 1. The van der Waals surface area contributed by atoms with Crippen molar-refractivity contribution in [3.8, 4) is 11.3 Å². The summed E-state index contributed by atoms with van der Waals surface area (Å²) in [5.74, 6) is 1.05. The molecule has 1 amide bonds. The minimum atomic E-state index is 0.368. The Morgan fingerprint density at radius 3 is 2.78 bits per heavy atom. The topological polar surface area (TPSA) is 106 Å². The van der Waals surface area contributed by atoms with E-state index in [1.54, 1.807) is 4.90 Å². The van der Waals surface area contributed by atoms with E-state index in [0.29, 0.717) is 30.2 Å². The van der Waals surface area contributed by atoms with Crippen LogP contribution >= 0.6 is 0 Å². The molecule has 0 atom stereocenters. The number of pyridine rings is 1. The smallest absolute Gasteiger partial charge is 0.210 e. The zero-order valence-corrected chi connectivity index (χ0v) is 15.5. The van der Waals surface area contributed by atoms with Crippen LogP contribution in [0, 0.1) is 6.92 Å². The molecule has 0 spiro atoms. The number of aromatic amines is 1. The molecular weight excluding hydrogens is 342 g/mol. The molecule has 4 aromatic rings. The largest absolute Gasteiger partial charge is 0.382 e. The van der Waals surface area contributed by atoms with Gasteiger partial charge in [0.1, 0.15) is 11.3 Å². The van der Waals surface area contributed by atoms with Crippen LogP contribution in [-0.2, 0) is 18.4 Å². The van der Waals surface area contributed by atoms with E-state index in [2.05, 4.69) is 20.1 Å². The van der Waals surface area contributed by atoms with Crippen molar-refractivity contribution in [2.45, 2.75) is 20.4 Å². The molecule has 0 fully saturated rings. The average Bonchev–Trinajstić information content (AvgIpc) is 3.22. The van der Waals surface area contributed by atoms with Crippen LogP contribution in [0.5, 0.6) is 0 Å². The number of aromatic nitrogens is 5. The zero-order chi connectivity index (χ0) is 19.1. The summed E-state index contributed by atoms with van der Waals surface area (Å²) in [6.45, 7) is 4.91. The Labute approximate surface area is 156 Å². The standard InChI is InChI=1S/C19H21N7O/c1-4-26(10-27)9-16-22-17-13-6-5-12(15-7-11(2)24-25(15)3)8-14(13)21-19(20)18(17)23-16/h5-8,10H,4,9H2,1-3H3,(H2,20,21)(H,22,23). The first-order valence-corrected chi connectivity index (χ1v) is 8.78. The molecule has 8 heteroatoms. The Morgan fingerprint density at radius 2 is 2.11 bits per heavy atom. The second-order valence-corrected chi connectivity index (χ2v) is 6.60. The average molecular weight is 363 g/mol. The van der Waals surface area contributed by atoms with Crippen LogP contribution in [0.25, 0.3) is 33.2 Å². The molecule has 4 rings (SSSR count). The van der Waals surface area contributed by atoms with Crippen LogP contribution in [-0.4, -0.2) is 42.6 Å². The van der Waals surface area contributed by atoms with Gasteiger partial charge in [-0.1, -0.05) is 6.07 Å². The van der Waals surface area contributed by atoms with Gasteiger partial charge in [-0.05, 0) is 32.0 Å². The molecular formula is C19H21N7O. The molecule has 3 N–H and O–H groups in total. The van der Waals surface area contributed by atoms with Gasteiger partial charge in [0.25, 0.3) is 0 Å². The van der Waals surface area contributed by atoms with Crippen LogP contribution in [0.4, 0.5) is 5.82 Å². The number of fused-ring (bicyclic) bond motifs is 3. The van der Waals surface area contributed by atoms with Crippen LogP contribution in [0.2, 0.25) is 0 Å². The highest BCUT2D eigenvalue weighted by atomic mass is 16.1. The third kappa shape index (κ3) is 2.88. The molecule has 0 aliphatic heterocycles. The highest BCUT2D eigenvalue weighted by molar-refractivity contribution is 6.07. The number of anilines is 1. The van der Waals surface area contributed by atoms with Gasteiger partial charge in [0, 0.05) is 24.5 Å². The Balaban J connectivity index is 1.85. The minimum Gasteiger partial charge on any atom is -0.382 e. The van der Waals surface area contributed by atoms with Crippen LogP contribution in [0.1, 0.15) is 18.4 Å². The van der Waals surface area contributed by atoms with E-state index in [-0.39, 0.29) is 0 Å². The number of amides is 1. The summed E-state index contributed by atoms with van der Waals surface area (Å²) < 4.78 is 1.85. The number of rotatable bonds is 5. The van der Waals surface area contributed by atoms with E-state index in [4.69, 9.17) is 5.73 Å². The molecule has 0 aliphatic rings. The van der Waals surface area contributed by atoms with Crippen LogP contribution < -0.4 is 5.73 Å². The Hall–Kier alpha value is -3.42. The van der Waals surface area contributed by atoms with Gasteiger partial charge in [-0.25, -0.2) is 9.97 Å². The summed E-state index contributed by atoms with van der Waals surface area (Å²) in [6.07, 6.45) is 0.815. The first-order chi connectivity index (χ1) is 13.0. The zero-order valence-electron chi connectivity index (χ0n) is 15.5. The predicted octanol–water partition coefficient (Wildman–Crippen LogP) is 2.38. The third-order valence-electron chi connectivity index (χ3n) is 4.71. The first-order valence-electron chi connectivity index (χ1n) is 8.78. The normalized spacial score (nSPS) is 11.4. The van der Waals surface area contributed by atoms with E-state index in [1.807, 2.05) is 49.8 Å². The summed E-state index contributed by atoms with van der Waals surface area (Å²) >= 11 is 0. The number of carbonyl (C=O) groups is 1. The predicted molar refractivity (Wildman–Crippen MR) is 105 cm³/mol. The highest BCUT2D eigenvalue weighted by Crippen LogP contribution is 2.30. The van der Waals surface area contributed by atoms with Crippen molar-refractivity contribution < 1.29 is 4.79 Å². The number of nitrogens with one attached hydrogen (secondary N) is 1. The van der Waals surface area contributed by atoms with E-state index in [1.165, 1.54) is 0 Å². The lowest BCUT2D eigenvalue weighted by atomic mass is 10.1. The number of nitrogen functional groups attached to an aromatic ring is 1. The molecule has 1 aromatic carbocycles. The Morgan fingerprint density at radius 1 is 1.30 bits per heavy atom. The first kappa shape index (κ1) is 17.0. The summed E-state index contributed by atoms with van der Waals surface area (Å²) in [6, 6.07) is 8.10. The number of aryl methyl sites for hydroxylation is 2. The summed E-state index contributed by atoms with van der Waals surface area (Å²) in [4.78, 5) is 25.1. The van der Waals surface area contributed by atoms with Gasteiger partial charge < -0.3 is 15.6 Å². The van der Waals surface area contributed by atoms with Crippen LogP contribution in [0.15, 0.2) is 24.3 Å². The fraction of sp³-hybridized carbons (Fsp3) is 0.263. The van der Waals surface area contributed by atoms with Crippen molar-refractivity contribution in [1.29, 1.82) is 0 Å². The molecule has 0 radical (unpaired) electrons. The highest BCUT2D eigenvalue weighted by Gasteiger charge is 2.14. The van der Waals surface area contributed by atoms with Crippen molar-refractivity contribution in [1.82, 2.24) is 29.6 Å². The maximum Gasteiger partial charge on any atom is 0.210 e. The fourth-order valence-electron chi connectivity index (χ4n) is 3.35. The second-order valence-electron chi connectivity index (χ2n) is 6.60. The molecule has 3 heterocycles. The Kier molecular flexibility index (Phi) is 4.02. The number of nitrogens with zero attached hydrogens (tertiary/aromatic N) is 5. The van der Waals surface area contributed by atoms with Crippen molar-refractivity contribution in [3.05, 3.63) is 35.8 Å². The van der Waals surface area contributed by atoms with E-state index >= 15 is 0 Å². The van der Waals surface area contributed by atoms with Gasteiger partial charge in [-0.3, -0.25) is 9.48 Å². The second kappa shape index (κ2) is 6.39. The lowest BCUT2D eigenvalue weighted by molar-refractivity contribution is -0.118. The van der Waals surface area contributed by atoms with E-state index in [0.717, 1.165) is 39.8 Å². The molecule has 138 valence electrons. The molecule has 0 aliphatic carbocycles. The van der Waals surface area contributed by atoms with Gasteiger partial charge in [0.15, 0.2) is 5.82 Å². The van der Waals surface area contributed by atoms with E-state index in [9.17, 15) is 4.79 Å². The Bertz CT molecular complexity index is 1160. The number of benzene rings is 1. The van der Waals surface area contributed by atoms with Gasteiger partial charge in [-0.15, -0.1) is 0 Å². The number of hydrogen-bond acceptors (Lipinski definition) is 5.